The van der Waals surface area contributed by atoms with Crippen LogP contribution in [0.15, 0.2) is 60.8 Å². The molecule has 0 radical (unpaired) electrons. The third kappa shape index (κ3) is 43.1. The topological polar surface area (TPSA) is 134 Å². The van der Waals surface area contributed by atoms with Gasteiger partial charge in [0.2, 0.25) is 0 Å². The molecule has 0 aromatic carbocycles. The summed E-state index contributed by atoms with van der Waals surface area (Å²) >= 11 is 0. The third-order valence-electron chi connectivity index (χ3n) is 9.38. The Morgan fingerprint density at radius 1 is 0.526 bits per heavy atom. The quantitative estimate of drug-likeness (QED) is 0.0267. The van der Waals surface area contributed by atoms with E-state index in [0.29, 0.717) is 19.3 Å². The van der Waals surface area contributed by atoms with E-state index in [1.165, 1.54) is 103 Å². The highest BCUT2D eigenvalue weighted by molar-refractivity contribution is 7.47. The summed E-state index contributed by atoms with van der Waals surface area (Å²) in [6.45, 7) is 3.65. The van der Waals surface area contributed by atoms with Gasteiger partial charge in [-0.05, 0) is 77.0 Å². The molecule has 0 heterocycles. The number of allylic oxidation sites excluding steroid dienone is 10. The highest BCUT2D eigenvalue weighted by Crippen LogP contribution is 2.43. The monoisotopic (exact) mass is 822 g/mol. The summed E-state index contributed by atoms with van der Waals surface area (Å²) < 4.78 is 32.7. The fraction of sp³-hybridized carbons (Fsp3) is 0.745. The number of unbranched alkanes of at least 4 members (excludes halogenated alkanes) is 19. The van der Waals surface area contributed by atoms with E-state index in [2.05, 4.69) is 68.5 Å². The molecule has 9 nitrogen and oxygen atoms in total. The zero-order chi connectivity index (χ0) is 41.8. The summed E-state index contributed by atoms with van der Waals surface area (Å²) in [5, 5.41) is 0. The Morgan fingerprint density at radius 3 is 1.42 bits per heavy atom. The molecule has 0 aromatic rings. The minimum absolute atomic E-state index is 0.0408. The fourth-order valence-corrected chi connectivity index (χ4v) is 6.74. The van der Waals surface area contributed by atoms with Crippen LogP contribution in [0, 0.1) is 0 Å². The van der Waals surface area contributed by atoms with Gasteiger partial charge in [-0.1, -0.05) is 164 Å². The van der Waals surface area contributed by atoms with Crippen molar-refractivity contribution >= 4 is 19.8 Å². The van der Waals surface area contributed by atoms with E-state index in [-0.39, 0.29) is 32.6 Å². The van der Waals surface area contributed by atoms with Crippen LogP contribution in [0.2, 0.25) is 0 Å². The third-order valence-corrected chi connectivity index (χ3v) is 10.4. The van der Waals surface area contributed by atoms with Crippen molar-refractivity contribution in [2.45, 2.75) is 200 Å². The van der Waals surface area contributed by atoms with Gasteiger partial charge in [0.05, 0.1) is 13.2 Å². The second-order valence-electron chi connectivity index (χ2n) is 14.9. The molecule has 0 aliphatic rings. The lowest BCUT2D eigenvalue weighted by Crippen LogP contribution is -2.29. The summed E-state index contributed by atoms with van der Waals surface area (Å²) in [5.74, 6) is -0.914. The van der Waals surface area contributed by atoms with Crippen molar-refractivity contribution in [1.82, 2.24) is 0 Å². The molecular formula is C47H84NO8P. The van der Waals surface area contributed by atoms with Crippen molar-refractivity contribution in [1.29, 1.82) is 0 Å². The van der Waals surface area contributed by atoms with Gasteiger partial charge in [-0.15, -0.1) is 0 Å². The Hall–Kier alpha value is -2.29. The van der Waals surface area contributed by atoms with Gasteiger partial charge < -0.3 is 20.1 Å². The number of hydrogen-bond donors (Lipinski definition) is 2. The molecule has 0 rings (SSSR count). The number of nitrogens with two attached hydrogens (primary N) is 1. The fourth-order valence-electron chi connectivity index (χ4n) is 5.97. The van der Waals surface area contributed by atoms with Crippen LogP contribution < -0.4 is 5.73 Å². The number of carbonyl (C=O) groups excluding carboxylic acids is 2. The van der Waals surface area contributed by atoms with Gasteiger partial charge in [-0.2, -0.15) is 0 Å². The summed E-state index contributed by atoms with van der Waals surface area (Å²) in [5.41, 5.74) is 5.34. The van der Waals surface area contributed by atoms with Gasteiger partial charge in [0.15, 0.2) is 6.10 Å². The maximum absolute atomic E-state index is 12.6. The lowest BCUT2D eigenvalue weighted by Gasteiger charge is -2.19. The second-order valence-corrected chi connectivity index (χ2v) is 16.4. The average molecular weight is 822 g/mol. The van der Waals surface area contributed by atoms with Gasteiger partial charge in [0, 0.05) is 19.4 Å². The summed E-state index contributed by atoms with van der Waals surface area (Å²) in [6.07, 6.45) is 51.2. The average Bonchev–Trinajstić information content (AvgIpc) is 3.20. The zero-order valence-corrected chi connectivity index (χ0v) is 37.2. The zero-order valence-electron chi connectivity index (χ0n) is 36.3. The van der Waals surface area contributed by atoms with Crippen molar-refractivity contribution in [2.75, 3.05) is 26.4 Å². The van der Waals surface area contributed by atoms with Crippen molar-refractivity contribution in [3.05, 3.63) is 60.8 Å². The first-order valence-corrected chi connectivity index (χ1v) is 24.3. The van der Waals surface area contributed by atoms with Crippen LogP contribution in [0.3, 0.4) is 0 Å². The molecule has 330 valence electrons. The minimum atomic E-state index is -4.40. The maximum atomic E-state index is 12.6. The molecule has 0 aliphatic heterocycles. The molecule has 0 spiro atoms. The number of carbonyl (C=O) groups is 2. The van der Waals surface area contributed by atoms with Crippen LogP contribution in [0.1, 0.15) is 194 Å². The van der Waals surface area contributed by atoms with E-state index >= 15 is 0 Å². The van der Waals surface area contributed by atoms with Crippen LogP contribution in [0.5, 0.6) is 0 Å². The summed E-state index contributed by atoms with van der Waals surface area (Å²) in [6, 6.07) is 0. The molecule has 0 saturated heterocycles. The van der Waals surface area contributed by atoms with E-state index in [1.807, 2.05) is 6.08 Å². The first-order chi connectivity index (χ1) is 27.8. The number of phosphoric acid groups is 1. The Labute approximate surface area is 349 Å². The molecule has 1 unspecified atom stereocenters. The predicted molar refractivity (Wildman–Crippen MR) is 238 cm³/mol. The Morgan fingerprint density at radius 2 is 0.930 bits per heavy atom. The molecular weight excluding hydrogens is 737 g/mol. The summed E-state index contributed by atoms with van der Waals surface area (Å²) in [7, 11) is -4.40. The van der Waals surface area contributed by atoms with Gasteiger partial charge in [-0.25, -0.2) is 4.57 Å². The molecule has 0 aliphatic carbocycles. The van der Waals surface area contributed by atoms with E-state index in [9.17, 15) is 19.0 Å². The molecule has 2 atom stereocenters. The smallest absolute Gasteiger partial charge is 0.462 e. The highest BCUT2D eigenvalue weighted by Gasteiger charge is 2.25. The standard InChI is InChI=1S/C47H84NO8P/c1-3-5-7-9-11-13-15-17-19-20-21-22-23-24-26-28-30-32-34-36-38-40-47(50)56-45(44-55-57(51,52)54-42-41-48)43-53-46(49)39-37-35-33-31-29-27-25-18-16-14-12-10-8-6-4-2/h19-20,22-23,26-29,32,34,45H,3-18,21,24-25,30-31,33,35-44,48H2,1-2H3,(H,51,52)/b20-19+,23-22+,28-26+,29-27+,34-32+/t45-/m1/s1. The van der Waals surface area contributed by atoms with Crippen LogP contribution in [0.4, 0.5) is 0 Å². The van der Waals surface area contributed by atoms with E-state index in [1.54, 1.807) is 0 Å². The van der Waals surface area contributed by atoms with Gasteiger partial charge in [0.25, 0.3) is 0 Å². The van der Waals surface area contributed by atoms with Crippen molar-refractivity contribution < 1.29 is 37.6 Å². The predicted octanol–water partition coefficient (Wildman–Crippen LogP) is 13.3. The number of esters is 2. The molecule has 0 fully saturated rings. The number of phosphoric ester groups is 1. The van der Waals surface area contributed by atoms with Crippen LogP contribution in [0.25, 0.3) is 0 Å². The first-order valence-electron chi connectivity index (χ1n) is 22.8. The van der Waals surface area contributed by atoms with Gasteiger partial charge in [0.1, 0.15) is 6.61 Å². The molecule has 0 bridgehead atoms. The SMILES string of the molecule is CCCCCCCCC/C=C/C/C=C/C/C=C/C/C=C/CCCC(=O)O[C@H](COC(=O)CCCCC/C=C/CCCCCCCCCC)COP(=O)(O)OCCN. The minimum Gasteiger partial charge on any atom is -0.462 e. The van der Waals surface area contributed by atoms with Crippen LogP contribution in [-0.4, -0.2) is 49.3 Å². The Bertz CT molecular complexity index is 1120. The van der Waals surface area contributed by atoms with Gasteiger partial charge in [-0.3, -0.25) is 18.6 Å². The lowest BCUT2D eigenvalue weighted by molar-refractivity contribution is -0.161. The molecule has 57 heavy (non-hydrogen) atoms. The maximum Gasteiger partial charge on any atom is 0.472 e. The Kier molecular flexibility index (Phi) is 41.6. The van der Waals surface area contributed by atoms with Crippen LogP contribution in [-0.2, 0) is 32.7 Å². The highest BCUT2D eigenvalue weighted by atomic mass is 31.2. The van der Waals surface area contributed by atoms with Crippen molar-refractivity contribution in [3.63, 3.8) is 0 Å². The first kappa shape index (κ1) is 54.7. The molecule has 0 amide bonds. The molecule has 0 aromatic heterocycles. The number of rotatable bonds is 42. The molecule has 10 heteroatoms. The van der Waals surface area contributed by atoms with Crippen molar-refractivity contribution in [3.8, 4) is 0 Å². The van der Waals surface area contributed by atoms with E-state index < -0.39 is 32.5 Å². The van der Waals surface area contributed by atoms with E-state index in [0.717, 1.165) is 44.9 Å². The van der Waals surface area contributed by atoms with Crippen LogP contribution >= 0.6 is 7.82 Å². The van der Waals surface area contributed by atoms with Gasteiger partial charge >= 0.3 is 19.8 Å². The van der Waals surface area contributed by atoms with Crippen molar-refractivity contribution in [2.24, 2.45) is 5.73 Å². The second kappa shape index (κ2) is 43.3. The van der Waals surface area contributed by atoms with E-state index in [4.69, 9.17) is 24.3 Å². The summed E-state index contributed by atoms with van der Waals surface area (Å²) in [4.78, 5) is 34.9. The Balaban J connectivity index is 4.26. The molecule has 3 N–H and O–H groups in total. The normalized spacial score (nSPS) is 13.8. The lowest BCUT2D eigenvalue weighted by atomic mass is 10.1. The number of hydrogen-bond acceptors (Lipinski definition) is 8. The number of ether oxygens (including phenoxy) is 2. The molecule has 0 saturated carbocycles. The largest absolute Gasteiger partial charge is 0.472 e.